The molecule has 0 unspecified atom stereocenters. The molecule has 0 spiro atoms. The van der Waals surface area contributed by atoms with Gasteiger partial charge in [0.1, 0.15) is 0 Å². The fraction of sp³-hybridized carbons (Fsp3) is 0.333. The Labute approximate surface area is 111 Å². The number of amides is 2. The van der Waals surface area contributed by atoms with Gasteiger partial charge in [-0.05, 0) is 25.1 Å². The Morgan fingerprint density at radius 1 is 1.28 bits per heavy atom. The van der Waals surface area contributed by atoms with Crippen molar-refractivity contribution in [1.29, 1.82) is 0 Å². The molecule has 6 heteroatoms. The summed E-state index contributed by atoms with van der Waals surface area (Å²) in [7, 11) is 0. The minimum atomic E-state index is -0.336. The molecule has 98 valence electrons. The summed E-state index contributed by atoms with van der Waals surface area (Å²) in [5.41, 5.74) is 5.58. The van der Waals surface area contributed by atoms with Gasteiger partial charge in [-0.3, -0.25) is 9.59 Å². The van der Waals surface area contributed by atoms with Crippen LogP contribution in [-0.4, -0.2) is 24.9 Å². The molecule has 1 rings (SSSR count). The zero-order chi connectivity index (χ0) is 13.4. The zero-order valence-corrected chi connectivity index (χ0v) is 10.7. The lowest BCUT2D eigenvalue weighted by Gasteiger charge is -2.07. The number of anilines is 1. The molecule has 1 aromatic carbocycles. The van der Waals surface area contributed by atoms with Crippen molar-refractivity contribution in [3.05, 3.63) is 29.3 Å². The number of rotatable bonds is 7. The molecule has 1 aromatic rings. The van der Waals surface area contributed by atoms with Crippen LogP contribution in [0.25, 0.3) is 0 Å². The first-order valence-electron chi connectivity index (χ1n) is 5.63. The maximum Gasteiger partial charge on any atom is 0.238 e. The van der Waals surface area contributed by atoms with Crippen molar-refractivity contribution in [1.82, 2.24) is 5.32 Å². The van der Waals surface area contributed by atoms with Crippen LogP contribution >= 0.6 is 11.6 Å². The third kappa shape index (κ3) is 5.65. The Kier molecular flexibility index (Phi) is 6.18. The van der Waals surface area contributed by atoms with E-state index in [0.29, 0.717) is 30.1 Å². The van der Waals surface area contributed by atoms with Crippen LogP contribution in [0.15, 0.2) is 24.3 Å². The minimum Gasteiger partial charge on any atom is -0.370 e. The lowest BCUT2D eigenvalue weighted by molar-refractivity contribution is -0.118. The summed E-state index contributed by atoms with van der Waals surface area (Å²) in [6.45, 7) is 0.739. The van der Waals surface area contributed by atoms with Crippen molar-refractivity contribution in [2.75, 3.05) is 18.4 Å². The summed E-state index contributed by atoms with van der Waals surface area (Å²) >= 11 is 5.90. The fourth-order valence-electron chi connectivity index (χ4n) is 1.35. The molecule has 0 aromatic heterocycles. The molecule has 0 heterocycles. The first-order valence-corrected chi connectivity index (χ1v) is 6.01. The van der Waals surface area contributed by atoms with Crippen molar-refractivity contribution < 1.29 is 9.59 Å². The van der Waals surface area contributed by atoms with Gasteiger partial charge in [0, 0.05) is 6.42 Å². The maximum atomic E-state index is 11.5. The van der Waals surface area contributed by atoms with Crippen molar-refractivity contribution in [2.24, 2.45) is 5.73 Å². The lowest BCUT2D eigenvalue weighted by Crippen LogP contribution is -2.29. The van der Waals surface area contributed by atoms with Crippen molar-refractivity contribution in [3.8, 4) is 0 Å². The second-order valence-electron chi connectivity index (χ2n) is 3.77. The number of hydrogen-bond donors (Lipinski definition) is 3. The Morgan fingerprint density at radius 2 is 2.00 bits per heavy atom. The molecular formula is C12H16ClN3O2. The average Bonchev–Trinajstić information content (AvgIpc) is 2.31. The van der Waals surface area contributed by atoms with Gasteiger partial charge in [-0.15, -0.1) is 0 Å². The number of carbonyl (C=O) groups excluding carboxylic acids is 2. The number of carbonyl (C=O) groups is 2. The highest BCUT2D eigenvalue weighted by atomic mass is 35.5. The molecule has 2 amide bonds. The number of para-hydroxylation sites is 1. The van der Waals surface area contributed by atoms with E-state index < -0.39 is 0 Å². The second kappa shape index (κ2) is 7.68. The molecular weight excluding hydrogens is 254 g/mol. The van der Waals surface area contributed by atoms with Gasteiger partial charge in [0.15, 0.2) is 0 Å². The van der Waals surface area contributed by atoms with Crippen LogP contribution in [0, 0.1) is 0 Å². The van der Waals surface area contributed by atoms with E-state index in [4.69, 9.17) is 17.3 Å². The Bertz CT molecular complexity index is 424. The van der Waals surface area contributed by atoms with E-state index in [1.807, 2.05) is 0 Å². The van der Waals surface area contributed by atoms with Gasteiger partial charge in [-0.2, -0.15) is 0 Å². The fourth-order valence-corrected chi connectivity index (χ4v) is 1.53. The molecule has 5 nitrogen and oxygen atoms in total. The normalized spacial score (nSPS) is 10.1. The third-order valence-electron chi connectivity index (χ3n) is 2.21. The quantitative estimate of drug-likeness (QED) is 0.649. The van der Waals surface area contributed by atoms with Gasteiger partial charge < -0.3 is 16.4 Å². The molecule has 0 radical (unpaired) electrons. The van der Waals surface area contributed by atoms with Crippen LogP contribution in [0.3, 0.4) is 0 Å². The van der Waals surface area contributed by atoms with Gasteiger partial charge in [0.2, 0.25) is 11.8 Å². The Morgan fingerprint density at radius 3 is 2.67 bits per heavy atom. The molecule has 0 saturated heterocycles. The summed E-state index contributed by atoms with van der Waals surface area (Å²) in [6.07, 6.45) is 0.938. The molecule has 4 N–H and O–H groups in total. The van der Waals surface area contributed by atoms with Crippen LogP contribution in [0.2, 0.25) is 5.02 Å². The van der Waals surface area contributed by atoms with Crippen LogP contribution in [-0.2, 0) is 9.59 Å². The summed E-state index contributed by atoms with van der Waals surface area (Å²) in [4.78, 5) is 22.0. The van der Waals surface area contributed by atoms with E-state index in [0.717, 1.165) is 0 Å². The van der Waals surface area contributed by atoms with Crippen molar-refractivity contribution in [2.45, 2.75) is 12.8 Å². The minimum absolute atomic E-state index is 0.171. The second-order valence-corrected chi connectivity index (χ2v) is 4.18. The number of primary amides is 1. The predicted octanol–water partition coefficient (Wildman–Crippen LogP) is 1.13. The maximum absolute atomic E-state index is 11.5. The highest BCUT2D eigenvalue weighted by molar-refractivity contribution is 6.33. The lowest BCUT2D eigenvalue weighted by atomic mass is 10.3. The summed E-state index contributed by atoms with van der Waals surface area (Å²) in [6, 6.07) is 7.02. The zero-order valence-electron chi connectivity index (χ0n) is 9.91. The molecule has 0 saturated carbocycles. The molecule has 0 aliphatic carbocycles. The van der Waals surface area contributed by atoms with Crippen LogP contribution < -0.4 is 16.4 Å². The molecule has 0 atom stereocenters. The molecule has 0 fully saturated rings. The van der Waals surface area contributed by atoms with Gasteiger partial charge >= 0.3 is 0 Å². The highest BCUT2D eigenvalue weighted by Gasteiger charge is 2.04. The SMILES string of the molecule is NC(=O)CCCNCC(=O)Nc1ccccc1Cl. The predicted molar refractivity (Wildman–Crippen MR) is 71.4 cm³/mol. The molecule has 18 heavy (non-hydrogen) atoms. The number of halogens is 1. The smallest absolute Gasteiger partial charge is 0.238 e. The monoisotopic (exact) mass is 269 g/mol. The summed E-state index contributed by atoms with van der Waals surface area (Å²) < 4.78 is 0. The summed E-state index contributed by atoms with van der Waals surface area (Å²) in [5.74, 6) is -0.514. The summed E-state index contributed by atoms with van der Waals surface area (Å²) in [5, 5.41) is 6.10. The third-order valence-corrected chi connectivity index (χ3v) is 2.54. The topological polar surface area (TPSA) is 84.2 Å². The van der Waals surface area contributed by atoms with Crippen LogP contribution in [0.4, 0.5) is 5.69 Å². The Balaban J connectivity index is 2.22. The van der Waals surface area contributed by atoms with Gasteiger partial charge in [-0.25, -0.2) is 0 Å². The van der Waals surface area contributed by atoms with Crippen LogP contribution in [0.5, 0.6) is 0 Å². The first-order chi connectivity index (χ1) is 8.59. The number of nitrogens with one attached hydrogen (secondary N) is 2. The van der Waals surface area contributed by atoms with E-state index >= 15 is 0 Å². The van der Waals surface area contributed by atoms with E-state index in [2.05, 4.69) is 10.6 Å². The molecule has 0 aliphatic heterocycles. The molecule has 0 aliphatic rings. The van der Waals surface area contributed by atoms with Crippen molar-refractivity contribution in [3.63, 3.8) is 0 Å². The van der Waals surface area contributed by atoms with E-state index in [1.165, 1.54) is 0 Å². The van der Waals surface area contributed by atoms with E-state index in [1.54, 1.807) is 24.3 Å². The highest BCUT2D eigenvalue weighted by Crippen LogP contribution is 2.19. The Hall–Kier alpha value is -1.59. The number of benzene rings is 1. The van der Waals surface area contributed by atoms with E-state index in [9.17, 15) is 9.59 Å². The van der Waals surface area contributed by atoms with Gasteiger partial charge in [0.25, 0.3) is 0 Å². The standard InChI is InChI=1S/C12H16ClN3O2/c13-9-4-1-2-5-10(9)16-12(18)8-15-7-3-6-11(14)17/h1-2,4-5,15H,3,6-8H2,(H2,14,17)(H,16,18). The van der Waals surface area contributed by atoms with E-state index in [-0.39, 0.29) is 18.4 Å². The average molecular weight is 270 g/mol. The van der Waals surface area contributed by atoms with Crippen molar-refractivity contribution >= 4 is 29.1 Å². The largest absolute Gasteiger partial charge is 0.370 e. The first kappa shape index (κ1) is 14.5. The van der Waals surface area contributed by atoms with Crippen LogP contribution in [0.1, 0.15) is 12.8 Å². The number of nitrogens with two attached hydrogens (primary N) is 1. The number of hydrogen-bond acceptors (Lipinski definition) is 3. The molecule has 0 bridgehead atoms. The van der Waals surface area contributed by atoms with Gasteiger partial charge in [-0.1, -0.05) is 23.7 Å². The van der Waals surface area contributed by atoms with Gasteiger partial charge in [0.05, 0.1) is 17.3 Å².